The van der Waals surface area contributed by atoms with Crippen LogP contribution in [0.5, 0.6) is 11.5 Å². The summed E-state index contributed by atoms with van der Waals surface area (Å²) in [5, 5.41) is 81.7. The van der Waals surface area contributed by atoms with Gasteiger partial charge in [0.05, 0.1) is 38.8 Å². The third kappa shape index (κ3) is 28.8. The Hall–Kier alpha value is -10.5. The lowest BCUT2D eigenvalue weighted by Gasteiger charge is -2.33. The molecule has 0 aliphatic carbocycles. The number of carbonyl (C=O) groups is 17. The number of likely N-dealkylation sites (tertiary alicyclic amines) is 2. The zero-order chi connectivity index (χ0) is 84.6. The molecule has 624 valence electrons. The molecular weight excluding hydrogens is 1570 g/mol. The van der Waals surface area contributed by atoms with Crippen molar-refractivity contribution in [1.29, 1.82) is 0 Å². The highest BCUT2D eigenvalue weighted by Gasteiger charge is 2.45. The zero-order valence-corrected chi connectivity index (χ0v) is 65.6. The molecule has 0 radical (unpaired) electrons. The first-order valence-corrected chi connectivity index (χ1v) is 38.4. The number of hydrogen-bond acceptors (Lipinski definition) is 27. The van der Waals surface area contributed by atoms with Gasteiger partial charge in [0.1, 0.15) is 96.1 Å². The van der Waals surface area contributed by atoms with Crippen molar-refractivity contribution in [2.75, 3.05) is 62.4 Å². The molecule has 0 spiro atoms. The Morgan fingerprint density at radius 1 is 0.439 bits per heavy atom. The lowest BCUT2D eigenvalue weighted by molar-refractivity contribution is -0.148. The minimum absolute atomic E-state index is 0.00796. The highest BCUT2D eigenvalue weighted by Crippen LogP contribution is 2.27. The lowest BCUT2D eigenvalue weighted by Crippen LogP contribution is -2.62. The van der Waals surface area contributed by atoms with E-state index in [-0.39, 0.29) is 92.5 Å². The van der Waals surface area contributed by atoms with Crippen LogP contribution in [0.3, 0.4) is 0 Å². The van der Waals surface area contributed by atoms with Crippen LogP contribution in [0.1, 0.15) is 62.6 Å². The van der Waals surface area contributed by atoms with Gasteiger partial charge in [-0.15, -0.1) is 0 Å². The Morgan fingerprint density at radius 3 is 1.35 bits per heavy atom. The summed E-state index contributed by atoms with van der Waals surface area (Å²) in [5.74, 6) is -18.1. The number of thiol groups is 4. The first-order chi connectivity index (χ1) is 54.1. The van der Waals surface area contributed by atoms with Gasteiger partial charge in [-0.3, -0.25) is 81.5 Å². The molecule has 2 saturated heterocycles. The van der Waals surface area contributed by atoms with Crippen molar-refractivity contribution in [3.63, 3.8) is 0 Å². The van der Waals surface area contributed by atoms with E-state index in [9.17, 15) is 107 Å². The quantitative estimate of drug-likeness (QED) is 0.0234. The number of aliphatic hydroxyl groups excluding tert-OH is 3. The van der Waals surface area contributed by atoms with Crippen molar-refractivity contribution < 1.29 is 107 Å². The minimum Gasteiger partial charge on any atom is -0.508 e. The Morgan fingerprint density at radius 2 is 0.842 bits per heavy atom. The topological polar surface area (TPSA) is 632 Å². The van der Waals surface area contributed by atoms with E-state index in [0.29, 0.717) is 16.7 Å². The Kier molecular flexibility index (Phi) is 38.5. The fourth-order valence-electron chi connectivity index (χ4n) is 11.8. The molecule has 24 N–H and O–H groups in total. The third-order valence-electron chi connectivity index (χ3n) is 18.0. The van der Waals surface area contributed by atoms with E-state index in [0.717, 1.165) is 6.92 Å². The molecule has 3 aromatic carbocycles. The number of primary amides is 2. The van der Waals surface area contributed by atoms with Crippen LogP contribution < -0.4 is 86.3 Å². The zero-order valence-electron chi connectivity index (χ0n) is 62.0. The van der Waals surface area contributed by atoms with Crippen molar-refractivity contribution in [2.24, 2.45) is 17.2 Å². The molecule has 0 bridgehead atoms. The molecule has 15 atom stereocenters. The summed E-state index contributed by atoms with van der Waals surface area (Å²) in [4.78, 5) is 233. The number of carbonyl (C=O) groups excluding carboxylic acids is 17. The van der Waals surface area contributed by atoms with Gasteiger partial charge < -0.3 is 122 Å². The van der Waals surface area contributed by atoms with Crippen molar-refractivity contribution in [3.8, 4) is 11.5 Å². The average molecular weight is 1670 g/mol. The number of aromatic hydroxyl groups is 2. The first-order valence-electron chi connectivity index (χ1n) is 35.8. The number of aliphatic hydroxyl groups is 3. The highest BCUT2D eigenvalue weighted by atomic mass is 32.1. The van der Waals surface area contributed by atoms with Crippen molar-refractivity contribution in [1.82, 2.24) is 78.9 Å². The number of nitrogens with two attached hydrogens (primary N) is 3. The largest absolute Gasteiger partial charge is 0.508 e. The summed E-state index contributed by atoms with van der Waals surface area (Å²) in [6, 6.07) is -2.10. The van der Waals surface area contributed by atoms with Crippen LogP contribution in [-0.4, -0.2) is 289 Å². The van der Waals surface area contributed by atoms with Gasteiger partial charge in [0, 0.05) is 55.4 Å². The maximum Gasteiger partial charge on any atom is 0.246 e. The van der Waals surface area contributed by atoms with Crippen molar-refractivity contribution in [3.05, 3.63) is 95.6 Å². The molecule has 3 aromatic rings. The number of rotatable bonds is 44. The molecule has 5 rings (SSSR count). The molecule has 17 amide bonds. The second-order valence-corrected chi connectivity index (χ2v) is 28.0. The third-order valence-corrected chi connectivity index (χ3v) is 19.5. The van der Waals surface area contributed by atoms with E-state index < -0.39 is 224 Å². The van der Waals surface area contributed by atoms with Crippen LogP contribution in [0, 0.1) is 0 Å². The lowest BCUT2D eigenvalue weighted by atomic mass is 10.0. The van der Waals surface area contributed by atoms with Crippen LogP contribution in [0.15, 0.2) is 78.9 Å². The number of benzene rings is 3. The standard InChI is InChI=1S/C70H98N18O22S4/c1-34(58(98)86-56(35(2)91)68(108)79-43(25-53(72)94)62(102)81-45(28-89)59(99)74-27-55(96)76-41(23-37-12-16-39(92)17-13-37)61(101)83-47(30-111)57(73)97)75-60(100)42(22-36-8-4-3-5-9-36)78-65(105)50(33-114)85-67(107)51-10-6-20-87(51)70(110)52-11-7-21-88(52)69(109)44(24-38-14-18-40(93)19-15-38)80-63(103)46(29-90)82-66(106)49(32-113)84-64(104)48(31-112)77-54(95)26-71/h3-5,8-9,12-19,34-35,41-52,56,89-93,111-114H,6-7,10-11,20-33,71H2,1-2H3,(H2,72,94)(H2,73,97)(H,74,99)(H,75,100)(H,76,96)(H,77,95)(H,78,105)(H,79,108)(H,80,103)(H,81,102)(H,82,106)(H,83,101)(H,84,104)(H,85,107)(H,86,98)/t34-,35+,41-,42-,43-,44-,45-,46-,47-,48-,49-,50-,51-,52-,56-/m0/s1. The van der Waals surface area contributed by atoms with E-state index in [1.54, 1.807) is 30.3 Å². The molecule has 2 heterocycles. The van der Waals surface area contributed by atoms with Crippen LogP contribution >= 0.6 is 50.5 Å². The molecule has 0 saturated carbocycles. The Labute approximate surface area is 676 Å². The van der Waals surface area contributed by atoms with Gasteiger partial charge in [0.2, 0.25) is 100 Å². The van der Waals surface area contributed by atoms with Gasteiger partial charge in [0.15, 0.2) is 0 Å². The van der Waals surface area contributed by atoms with E-state index in [1.807, 2.05) is 0 Å². The first kappa shape index (κ1) is 94.1. The van der Waals surface area contributed by atoms with Gasteiger partial charge in [-0.05, 0) is 80.5 Å². The molecule has 40 nitrogen and oxygen atoms in total. The number of hydrogen-bond donors (Lipinski definition) is 25. The van der Waals surface area contributed by atoms with Crippen molar-refractivity contribution in [2.45, 2.75) is 156 Å². The normalized spacial score (nSPS) is 17.1. The summed E-state index contributed by atoms with van der Waals surface area (Å²) in [5.41, 5.74) is 17.4. The van der Waals surface area contributed by atoms with Crippen molar-refractivity contribution >= 4 is 151 Å². The van der Waals surface area contributed by atoms with Gasteiger partial charge in [-0.2, -0.15) is 50.5 Å². The predicted octanol–water partition coefficient (Wildman–Crippen LogP) is -9.53. The molecule has 0 aromatic heterocycles. The second kappa shape index (κ2) is 46.6. The van der Waals surface area contributed by atoms with Crippen LogP contribution in [0.2, 0.25) is 0 Å². The van der Waals surface area contributed by atoms with E-state index in [1.165, 1.54) is 65.3 Å². The fourth-order valence-corrected chi connectivity index (χ4v) is 12.8. The van der Waals surface area contributed by atoms with Gasteiger partial charge in [-0.1, -0.05) is 54.6 Å². The number of phenols is 2. The summed E-state index contributed by atoms with van der Waals surface area (Å²) in [7, 11) is 0. The van der Waals surface area contributed by atoms with E-state index in [2.05, 4.69) is 120 Å². The summed E-state index contributed by atoms with van der Waals surface area (Å²) in [6.45, 7) is -1.26. The number of nitrogens with zero attached hydrogens (tertiary/aromatic N) is 2. The number of nitrogens with one attached hydrogen (secondary N) is 13. The summed E-state index contributed by atoms with van der Waals surface area (Å²) >= 11 is 16.5. The average Bonchev–Trinajstić information content (AvgIpc) is 1.63. The molecule has 114 heavy (non-hydrogen) atoms. The molecule has 2 aliphatic rings. The molecule has 0 unspecified atom stereocenters. The Balaban J connectivity index is 1.23. The molecule has 2 aliphatic heterocycles. The van der Waals surface area contributed by atoms with Gasteiger partial charge in [-0.25, -0.2) is 0 Å². The SMILES string of the molecule is C[C@H](NC(=O)[C@H](Cc1ccccc1)NC(=O)[C@H](CS)NC(=O)[C@@H]1CCCN1C(=O)[C@@H]1CCCN1C(=O)[C@H](Cc1ccc(O)cc1)NC(=O)[C@H](CO)NC(=O)[C@H](CS)NC(=O)[C@H](CS)NC(=O)CN)C(=O)N[C@H](C(=O)N[C@@H](CC(N)=O)C(=O)N[C@@H](CO)C(=O)NCC(=O)N[C@@H](Cc1ccc(O)cc1)C(=O)N[C@@H](CS)C(N)=O)[C@@H](C)O. The minimum atomic E-state index is -1.97. The fraction of sp³-hybridized carbons (Fsp3) is 0.500. The maximum atomic E-state index is 14.8. The summed E-state index contributed by atoms with van der Waals surface area (Å²) < 4.78 is 0. The maximum absolute atomic E-state index is 14.8. The monoisotopic (exact) mass is 1670 g/mol. The predicted molar refractivity (Wildman–Crippen MR) is 418 cm³/mol. The smallest absolute Gasteiger partial charge is 0.246 e. The van der Waals surface area contributed by atoms with Crippen LogP contribution in [0.25, 0.3) is 0 Å². The van der Waals surface area contributed by atoms with Crippen LogP contribution in [-0.2, 0) is 101 Å². The van der Waals surface area contributed by atoms with Crippen LogP contribution in [0.4, 0.5) is 0 Å². The highest BCUT2D eigenvalue weighted by molar-refractivity contribution is 7.80. The Bertz CT molecular complexity index is 3920. The number of amides is 17. The molecule has 44 heteroatoms. The van der Waals surface area contributed by atoms with E-state index >= 15 is 0 Å². The second-order valence-electron chi connectivity index (χ2n) is 26.6. The van der Waals surface area contributed by atoms with E-state index in [4.69, 9.17) is 17.2 Å². The molecule has 2 fully saturated rings. The van der Waals surface area contributed by atoms with Gasteiger partial charge >= 0.3 is 0 Å². The number of phenolic OH excluding ortho intramolecular Hbond substituents is 2. The molecular formula is C70H98N18O22S4. The summed E-state index contributed by atoms with van der Waals surface area (Å²) in [6.07, 6.45) is -2.67. The van der Waals surface area contributed by atoms with Gasteiger partial charge in [0.25, 0.3) is 0 Å².